The minimum absolute atomic E-state index is 0.352. The Bertz CT molecular complexity index is 358. The normalized spacial score (nSPS) is 13.2. The van der Waals surface area contributed by atoms with Crippen molar-refractivity contribution in [2.45, 2.75) is 32.4 Å². The smallest absolute Gasteiger partial charge is 0.247 e. The lowest BCUT2D eigenvalue weighted by atomic mass is 10.0. The summed E-state index contributed by atoms with van der Waals surface area (Å²) < 4.78 is 0. The predicted molar refractivity (Wildman–Crippen MR) is 69.7 cm³/mol. The number of hydrogen-bond donors (Lipinski definition) is 3. The van der Waals surface area contributed by atoms with E-state index < -0.39 is 18.1 Å². The van der Waals surface area contributed by atoms with Crippen molar-refractivity contribution >= 4 is 17.5 Å². The fourth-order valence-electron chi connectivity index (χ4n) is 1.26. The molecule has 1 aromatic rings. The van der Waals surface area contributed by atoms with Gasteiger partial charge in [0.15, 0.2) is 0 Å². The largest absolute Gasteiger partial charge is 0.382 e. The maximum Gasteiger partial charge on any atom is 0.247 e. The first-order valence-electron chi connectivity index (χ1n) is 5.48. The highest BCUT2D eigenvalue weighted by Gasteiger charge is 2.20. The monoisotopic (exact) mass is 258 g/mol. The van der Waals surface area contributed by atoms with E-state index in [-0.39, 0.29) is 0 Å². The molecule has 1 amide bonds. The lowest BCUT2D eigenvalue weighted by Gasteiger charge is -2.15. The van der Waals surface area contributed by atoms with E-state index in [4.69, 9.17) is 23.1 Å². The molecule has 0 aliphatic carbocycles. The molecule has 5 heteroatoms. The van der Waals surface area contributed by atoms with Gasteiger partial charge < -0.3 is 16.6 Å². The number of amides is 1. The molecular formula is C12H19ClN2O2. The first kappa shape index (κ1) is 15.9. The fourth-order valence-corrected chi connectivity index (χ4v) is 1.47. The number of aliphatic hydroxyl groups is 1. The van der Waals surface area contributed by atoms with Crippen molar-refractivity contribution in [1.29, 1.82) is 0 Å². The minimum atomic E-state index is -1.33. The fraction of sp³-hybridized carbons (Fsp3) is 0.417. The van der Waals surface area contributed by atoms with Crippen LogP contribution in [0.3, 0.4) is 0 Å². The van der Waals surface area contributed by atoms with Gasteiger partial charge in [-0.05, 0) is 24.1 Å². The second-order valence-electron chi connectivity index (χ2n) is 3.35. The summed E-state index contributed by atoms with van der Waals surface area (Å²) in [6, 6.07) is 6.36. The Hall–Kier alpha value is -1.10. The third kappa shape index (κ3) is 5.68. The van der Waals surface area contributed by atoms with Crippen LogP contribution in [0.15, 0.2) is 24.3 Å². The second-order valence-corrected chi connectivity index (χ2v) is 3.78. The number of carbonyl (C=O) groups excluding carboxylic acids is 1. The van der Waals surface area contributed by atoms with Gasteiger partial charge in [-0.25, -0.2) is 0 Å². The summed E-state index contributed by atoms with van der Waals surface area (Å²) >= 11 is 5.78. The SMILES string of the molecule is CC.NC(=O)C(O)C(N)Cc1cccc(Cl)c1. The van der Waals surface area contributed by atoms with Crippen LogP contribution in [0, 0.1) is 0 Å². The molecule has 2 atom stereocenters. The van der Waals surface area contributed by atoms with Crippen molar-refractivity contribution in [1.82, 2.24) is 0 Å². The van der Waals surface area contributed by atoms with Crippen LogP contribution in [0.4, 0.5) is 0 Å². The zero-order chi connectivity index (χ0) is 13.4. The molecule has 0 aromatic heterocycles. The van der Waals surface area contributed by atoms with Crippen molar-refractivity contribution in [2.24, 2.45) is 11.5 Å². The van der Waals surface area contributed by atoms with Crippen molar-refractivity contribution in [3.05, 3.63) is 34.9 Å². The number of aliphatic hydroxyl groups excluding tert-OH is 1. The topological polar surface area (TPSA) is 89.3 Å². The Morgan fingerprint density at radius 1 is 1.47 bits per heavy atom. The van der Waals surface area contributed by atoms with E-state index in [1.54, 1.807) is 18.2 Å². The third-order valence-corrected chi connectivity index (χ3v) is 2.29. The molecule has 17 heavy (non-hydrogen) atoms. The molecule has 0 heterocycles. The molecule has 0 bridgehead atoms. The molecule has 0 saturated carbocycles. The van der Waals surface area contributed by atoms with Crippen LogP contribution < -0.4 is 11.5 Å². The standard InChI is InChI=1S/C10H13ClN2O2.C2H6/c11-7-3-1-2-6(4-7)5-8(12)9(14)10(13)15;1-2/h1-4,8-9,14H,5,12H2,(H2,13,15);1-2H3. The van der Waals surface area contributed by atoms with Crippen LogP contribution in [0.2, 0.25) is 5.02 Å². The molecule has 1 aromatic carbocycles. The van der Waals surface area contributed by atoms with Crippen LogP contribution in [0.25, 0.3) is 0 Å². The molecular weight excluding hydrogens is 240 g/mol. The highest BCUT2D eigenvalue weighted by molar-refractivity contribution is 6.30. The van der Waals surface area contributed by atoms with Crippen molar-refractivity contribution < 1.29 is 9.90 Å². The number of benzene rings is 1. The van der Waals surface area contributed by atoms with E-state index in [2.05, 4.69) is 0 Å². The van der Waals surface area contributed by atoms with E-state index in [1.807, 2.05) is 19.9 Å². The van der Waals surface area contributed by atoms with E-state index in [0.29, 0.717) is 11.4 Å². The zero-order valence-corrected chi connectivity index (χ0v) is 10.8. The maximum absolute atomic E-state index is 10.7. The van der Waals surface area contributed by atoms with Crippen LogP contribution in [0.1, 0.15) is 19.4 Å². The first-order chi connectivity index (χ1) is 8.00. The molecule has 0 radical (unpaired) electrons. The van der Waals surface area contributed by atoms with E-state index in [9.17, 15) is 9.90 Å². The highest BCUT2D eigenvalue weighted by atomic mass is 35.5. The number of carbonyl (C=O) groups is 1. The van der Waals surface area contributed by atoms with Gasteiger partial charge in [0, 0.05) is 11.1 Å². The molecule has 96 valence electrons. The van der Waals surface area contributed by atoms with Gasteiger partial charge in [-0.1, -0.05) is 37.6 Å². The molecule has 0 aliphatic heterocycles. The molecule has 0 aliphatic rings. The van der Waals surface area contributed by atoms with Gasteiger partial charge in [-0.2, -0.15) is 0 Å². The number of rotatable bonds is 4. The number of halogens is 1. The Balaban J connectivity index is 0.00000121. The van der Waals surface area contributed by atoms with Gasteiger partial charge in [0.2, 0.25) is 5.91 Å². The van der Waals surface area contributed by atoms with Crippen LogP contribution in [-0.2, 0) is 11.2 Å². The summed E-state index contributed by atoms with van der Waals surface area (Å²) in [5.41, 5.74) is 11.4. The number of nitrogens with two attached hydrogens (primary N) is 2. The Labute approximate surface area is 107 Å². The summed E-state index contributed by atoms with van der Waals surface area (Å²) in [6.07, 6.45) is -0.978. The molecule has 4 nitrogen and oxygen atoms in total. The van der Waals surface area contributed by atoms with Crippen molar-refractivity contribution in [3.63, 3.8) is 0 Å². The second kappa shape index (κ2) is 8.06. The summed E-state index contributed by atoms with van der Waals surface area (Å²) in [4.78, 5) is 10.7. The van der Waals surface area contributed by atoms with Gasteiger partial charge in [0.05, 0.1) is 0 Å². The van der Waals surface area contributed by atoms with Gasteiger partial charge in [0.25, 0.3) is 0 Å². The molecule has 0 saturated heterocycles. The average Bonchev–Trinajstić information content (AvgIpc) is 2.30. The lowest BCUT2D eigenvalue weighted by molar-refractivity contribution is -0.126. The predicted octanol–water partition coefficient (Wildman–Crippen LogP) is 1.08. The summed E-state index contributed by atoms with van der Waals surface area (Å²) in [6.45, 7) is 4.00. The van der Waals surface area contributed by atoms with Crippen molar-refractivity contribution in [3.8, 4) is 0 Å². The van der Waals surface area contributed by atoms with Crippen LogP contribution in [0.5, 0.6) is 0 Å². The van der Waals surface area contributed by atoms with E-state index >= 15 is 0 Å². The molecule has 1 rings (SSSR count). The molecule has 2 unspecified atom stereocenters. The van der Waals surface area contributed by atoms with Crippen molar-refractivity contribution in [2.75, 3.05) is 0 Å². The lowest BCUT2D eigenvalue weighted by Crippen LogP contribution is -2.45. The highest BCUT2D eigenvalue weighted by Crippen LogP contribution is 2.12. The summed E-state index contributed by atoms with van der Waals surface area (Å²) in [5.74, 6) is -0.815. The Morgan fingerprint density at radius 2 is 2.06 bits per heavy atom. The summed E-state index contributed by atoms with van der Waals surface area (Å²) in [7, 11) is 0. The minimum Gasteiger partial charge on any atom is -0.382 e. The first-order valence-corrected chi connectivity index (χ1v) is 5.86. The van der Waals surface area contributed by atoms with Gasteiger partial charge >= 0.3 is 0 Å². The van der Waals surface area contributed by atoms with Crippen LogP contribution in [-0.4, -0.2) is 23.2 Å². The van der Waals surface area contributed by atoms with E-state index in [1.165, 1.54) is 0 Å². The van der Waals surface area contributed by atoms with Gasteiger partial charge in [-0.15, -0.1) is 0 Å². The molecule has 0 fully saturated rings. The Morgan fingerprint density at radius 3 is 2.53 bits per heavy atom. The number of hydrogen-bond acceptors (Lipinski definition) is 3. The Kier molecular flexibility index (Phi) is 7.54. The molecule has 5 N–H and O–H groups in total. The maximum atomic E-state index is 10.7. The van der Waals surface area contributed by atoms with E-state index in [0.717, 1.165) is 5.56 Å². The zero-order valence-electron chi connectivity index (χ0n) is 10.1. The van der Waals surface area contributed by atoms with Gasteiger partial charge in [-0.3, -0.25) is 4.79 Å². The third-order valence-electron chi connectivity index (χ3n) is 2.06. The summed E-state index contributed by atoms with van der Waals surface area (Å²) in [5, 5.41) is 9.88. The van der Waals surface area contributed by atoms with Gasteiger partial charge in [0.1, 0.15) is 6.10 Å². The average molecular weight is 259 g/mol. The molecule has 0 spiro atoms. The number of primary amides is 1. The quantitative estimate of drug-likeness (QED) is 0.755. The van der Waals surface area contributed by atoms with Crippen LogP contribution >= 0.6 is 11.6 Å².